The van der Waals surface area contributed by atoms with E-state index in [0.29, 0.717) is 5.82 Å². The van der Waals surface area contributed by atoms with Crippen LogP contribution in [0.2, 0.25) is 0 Å². The molecule has 2 aromatic heterocycles. The van der Waals surface area contributed by atoms with Crippen LogP contribution >= 0.6 is 23.1 Å². The third kappa shape index (κ3) is 2.14. The fourth-order valence-electron chi connectivity index (χ4n) is 2.06. The summed E-state index contributed by atoms with van der Waals surface area (Å²) in [7, 11) is 0. The van der Waals surface area contributed by atoms with Gasteiger partial charge >= 0.3 is 0 Å². The summed E-state index contributed by atoms with van der Waals surface area (Å²) < 4.78 is 0. The number of aromatic nitrogens is 2. The second kappa shape index (κ2) is 4.93. The first-order valence-electron chi connectivity index (χ1n) is 6.16. The molecule has 0 bridgehead atoms. The number of nitrogens with zero attached hydrogens (tertiary/aromatic N) is 3. The topological polar surface area (TPSA) is 55.0 Å². The zero-order chi connectivity index (χ0) is 12.5. The van der Waals surface area contributed by atoms with Crippen LogP contribution in [0.15, 0.2) is 6.07 Å². The Morgan fingerprint density at radius 3 is 2.83 bits per heavy atom. The lowest BCUT2D eigenvalue weighted by atomic mass is 10.3. The standard InChI is InChI=1S/C12H16N4S2/c1-2-8-7-9-10(13)14-12(15-11(9)18-8)16-3-5-17-6-4-16/h7H,2-6H2,1H3,(H2,13,14,15). The van der Waals surface area contributed by atoms with E-state index >= 15 is 0 Å². The normalized spacial score (nSPS) is 16.4. The molecule has 0 spiro atoms. The van der Waals surface area contributed by atoms with Crippen LogP contribution in [-0.2, 0) is 6.42 Å². The number of rotatable bonds is 2. The lowest BCUT2D eigenvalue weighted by Crippen LogP contribution is -2.33. The highest BCUT2D eigenvalue weighted by Gasteiger charge is 2.16. The Bertz CT molecular complexity index is 560. The van der Waals surface area contributed by atoms with Crippen molar-refractivity contribution < 1.29 is 0 Å². The fraction of sp³-hybridized carbons (Fsp3) is 0.500. The van der Waals surface area contributed by atoms with Gasteiger partial charge in [-0.25, -0.2) is 4.98 Å². The summed E-state index contributed by atoms with van der Waals surface area (Å²) in [6.45, 7) is 4.18. The third-order valence-electron chi connectivity index (χ3n) is 3.10. The molecule has 0 amide bonds. The molecule has 1 aliphatic heterocycles. The van der Waals surface area contributed by atoms with E-state index < -0.39 is 0 Å². The number of thioether (sulfide) groups is 1. The summed E-state index contributed by atoms with van der Waals surface area (Å²) >= 11 is 3.71. The minimum Gasteiger partial charge on any atom is -0.383 e. The second-order valence-electron chi connectivity index (χ2n) is 4.29. The first-order valence-corrected chi connectivity index (χ1v) is 8.13. The van der Waals surface area contributed by atoms with E-state index in [-0.39, 0.29) is 0 Å². The number of fused-ring (bicyclic) bond motifs is 1. The van der Waals surface area contributed by atoms with E-state index in [2.05, 4.69) is 27.9 Å². The highest BCUT2D eigenvalue weighted by atomic mass is 32.2. The van der Waals surface area contributed by atoms with Gasteiger partial charge in [-0.3, -0.25) is 0 Å². The van der Waals surface area contributed by atoms with Gasteiger partial charge in [0.2, 0.25) is 5.95 Å². The minimum atomic E-state index is 0.615. The van der Waals surface area contributed by atoms with Crippen LogP contribution in [-0.4, -0.2) is 34.6 Å². The zero-order valence-corrected chi connectivity index (χ0v) is 12.0. The molecule has 6 heteroatoms. The van der Waals surface area contributed by atoms with Gasteiger partial charge < -0.3 is 10.6 Å². The first-order chi connectivity index (χ1) is 8.78. The van der Waals surface area contributed by atoms with Crippen molar-refractivity contribution in [3.05, 3.63) is 10.9 Å². The van der Waals surface area contributed by atoms with Crippen molar-refractivity contribution >= 4 is 45.1 Å². The third-order valence-corrected chi connectivity index (χ3v) is 5.22. The average molecular weight is 280 g/mol. The smallest absolute Gasteiger partial charge is 0.228 e. The highest BCUT2D eigenvalue weighted by Crippen LogP contribution is 2.30. The number of hydrogen-bond acceptors (Lipinski definition) is 6. The molecule has 0 radical (unpaired) electrons. The lowest BCUT2D eigenvalue weighted by Gasteiger charge is -2.26. The summed E-state index contributed by atoms with van der Waals surface area (Å²) in [6, 6.07) is 2.12. The molecule has 1 fully saturated rings. The summed E-state index contributed by atoms with van der Waals surface area (Å²) in [5.74, 6) is 3.70. The van der Waals surface area contributed by atoms with Crippen LogP contribution in [0.4, 0.5) is 11.8 Å². The molecule has 0 saturated carbocycles. The van der Waals surface area contributed by atoms with Gasteiger partial charge in [0, 0.05) is 29.5 Å². The molecule has 0 aliphatic carbocycles. The molecule has 18 heavy (non-hydrogen) atoms. The predicted molar refractivity (Wildman–Crippen MR) is 80.7 cm³/mol. The second-order valence-corrected chi connectivity index (χ2v) is 6.63. The Morgan fingerprint density at radius 1 is 1.33 bits per heavy atom. The Hall–Kier alpha value is -1.01. The molecule has 3 rings (SSSR count). The molecule has 2 N–H and O–H groups in total. The van der Waals surface area contributed by atoms with E-state index in [1.54, 1.807) is 11.3 Å². The van der Waals surface area contributed by atoms with Crippen molar-refractivity contribution in [2.75, 3.05) is 35.2 Å². The van der Waals surface area contributed by atoms with Crippen LogP contribution in [0.25, 0.3) is 10.2 Å². The quantitative estimate of drug-likeness (QED) is 0.915. The van der Waals surface area contributed by atoms with Crippen LogP contribution in [0, 0.1) is 0 Å². The van der Waals surface area contributed by atoms with Crippen molar-refractivity contribution in [2.45, 2.75) is 13.3 Å². The van der Waals surface area contributed by atoms with Crippen LogP contribution in [0.3, 0.4) is 0 Å². The van der Waals surface area contributed by atoms with Crippen molar-refractivity contribution in [1.29, 1.82) is 0 Å². The van der Waals surface area contributed by atoms with Crippen molar-refractivity contribution in [3.8, 4) is 0 Å². The maximum absolute atomic E-state index is 6.06. The van der Waals surface area contributed by atoms with Gasteiger partial charge in [-0.05, 0) is 12.5 Å². The monoisotopic (exact) mass is 280 g/mol. The Balaban J connectivity index is 2.02. The summed E-state index contributed by atoms with van der Waals surface area (Å²) in [5.41, 5.74) is 6.06. The van der Waals surface area contributed by atoms with E-state index in [0.717, 1.165) is 47.2 Å². The molecule has 0 atom stereocenters. The minimum absolute atomic E-state index is 0.615. The van der Waals surface area contributed by atoms with Gasteiger partial charge in [-0.1, -0.05) is 6.92 Å². The van der Waals surface area contributed by atoms with Gasteiger partial charge in [-0.2, -0.15) is 16.7 Å². The van der Waals surface area contributed by atoms with Gasteiger partial charge in [-0.15, -0.1) is 11.3 Å². The van der Waals surface area contributed by atoms with Crippen LogP contribution in [0.5, 0.6) is 0 Å². The molecule has 0 unspecified atom stereocenters. The number of hydrogen-bond donors (Lipinski definition) is 1. The maximum atomic E-state index is 6.06. The maximum Gasteiger partial charge on any atom is 0.228 e. The van der Waals surface area contributed by atoms with Gasteiger partial charge in [0.05, 0.1) is 5.39 Å². The largest absolute Gasteiger partial charge is 0.383 e. The molecular weight excluding hydrogens is 264 g/mol. The summed E-state index contributed by atoms with van der Waals surface area (Å²) in [6.07, 6.45) is 1.02. The van der Waals surface area contributed by atoms with E-state index in [1.807, 2.05) is 11.8 Å². The van der Waals surface area contributed by atoms with E-state index in [4.69, 9.17) is 5.73 Å². The van der Waals surface area contributed by atoms with E-state index in [1.165, 1.54) is 4.88 Å². The van der Waals surface area contributed by atoms with Crippen LogP contribution < -0.4 is 10.6 Å². The fourth-order valence-corrected chi connectivity index (χ4v) is 3.93. The predicted octanol–water partition coefficient (Wildman–Crippen LogP) is 2.39. The average Bonchev–Trinajstić information content (AvgIpc) is 2.83. The van der Waals surface area contributed by atoms with Crippen molar-refractivity contribution in [1.82, 2.24) is 9.97 Å². The van der Waals surface area contributed by atoms with E-state index in [9.17, 15) is 0 Å². The molecule has 96 valence electrons. The Morgan fingerprint density at radius 2 is 2.11 bits per heavy atom. The van der Waals surface area contributed by atoms with Crippen LogP contribution in [0.1, 0.15) is 11.8 Å². The highest BCUT2D eigenvalue weighted by molar-refractivity contribution is 7.99. The number of nitrogens with two attached hydrogens (primary N) is 1. The first kappa shape index (κ1) is 12.0. The van der Waals surface area contributed by atoms with Gasteiger partial charge in [0.1, 0.15) is 10.6 Å². The summed E-state index contributed by atoms with van der Waals surface area (Å²) in [4.78, 5) is 13.7. The SMILES string of the molecule is CCc1cc2c(N)nc(N3CCSCC3)nc2s1. The number of nitrogen functional groups attached to an aromatic ring is 1. The van der Waals surface area contributed by atoms with Crippen molar-refractivity contribution in [3.63, 3.8) is 0 Å². The Kier molecular flexibility index (Phi) is 3.30. The molecule has 4 nitrogen and oxygen atoms in total. The lowest BCUT2D eigenvalue weighted by molar-refractivity contribution is 0.822. The molecule has 2 aromatic rings. The molecule has 0 aromatic carbocycles. The molecular formula is C12H16N4S2. The molecule has 1 aliphatic rings. The molecule has 3 heterocycles. The summed E-state index contributed by atoms with van der Waals surface area (Å²) in [5, 5.41) is 1.01. The zero-order valence-electron chi connectivity index (χ0n) is 10.3. The Labute approximate surface area is 115 Å². The van der Waals surface area contributed by atoms with Crippen molar-refractivity contribution in [2.24, 2.45) is 0 Å². The number of thiophene rings is 1. The number of anilines is 2. The number of aryl methyl sites for hydroxylation is 1. The molecule has 1 saturated heterocycles. The van der Waals surface area contributed by atoms with Gasteiger partial charge in [0.15, 0.2) is 0 Å². The van der Waals surface area contributed by atoms with Gasteiger partial charge in [0.25, 0.3) is 0 Å².